The molecule has 0 spiro atoms. The van der Waals surface area contributed by atoms with E-state index >= 15 is 0 Å². The summed E-state index contributed by atoms with van der Waals surface area (Å²) in [6.07, 6.45) is 0.416. The second kappa shape index (κ2) is 4.55. The summed E-state index contributed by atoms with van der Waals surface area (Å²) in [5, 5.41) is 9.14. The van der Waals surface area contributed by atoms with Gasteiger partial charge in [0.15, 0.2) is 0 Å². The van der Waals surface area contributed by atoms with Crippen LogP contribution in [-0.4, -0.2) is 22.7 Å². The molecule has 0 aliphatic heterocycles. The molecule has 0 radical (unpaired) electrons. The summed E-state index contributed by atoms with van der Waals surface area (Å²) in [6.45, 7) is 2.05. The standard InChI is InChI=1S/C7H8ClNO3S/c1-2-12-5(7(10)11)6-9-3-4(8)13-6/h3,5H,2H2,1H3,(H,10,11). The number of carbonyl (C=O) groups is 1. The van der Waals surface area contributed by atoms with E-state index in [1.54, 1.807) is 6.92 Å². The minimum atomic E-state index is -1.05. The van der Waals surface area contributed by atoms with Crippen molar-refractivity contribution in [3.05, 3.63) is 15.5 Å². The van der Waals surface area contributed by atoms with Crippen molar-refractivity contribution in [1.29, 1.82) is 0 Å². The number of aromatic nitrogens is 1. The molecule has 1 heterocycles. The summed E-state index contributed by atoms with van der Waals surface area (Å²) in [6, 6.07) is 0. The summed E-state index contributed by atoms with van der Waals surface area (Å²) in [5.41, 5.74) is 0. The highest BCUT2D eigenvalue weighted by Crippen LogP contribution is 2.26. The Morgan fingerprint density at radius 2 is 2.62 bits per heavy atom. The van der Waals surface area contributed by atoms with Crippen LogP contribution in [-0.2, 0) is 9.53 Å². The summed E-state index contributed by atoms with van der Waals surface area (Å²) in [4.78, 5) is 14.5. The SMILES string of the molecule is CCOC(C(=O)O)c1ncc(Cl)s1. The summed E-state index contributed by atoms with van der Waals surface area (Å²) in [7, 11) is 0. The van der Waals surface area contributed by atoms with E-state index in [1.165, 1.54) is 6.20 Å². The van der Waals surface area contributed by atoms with Crippen LogP contribution in [0.2, 0.25) is 4.34 Å². The topological polar surface area (TPSA) is 59.4 Å². The van der Waals surface area contributed by atoms with Gasteiger partial charge in [-0.1, -0.05) is 11.6 Å². The van der Waals surface area contributed by atoms with E-state index in [-0.39, 0.29) is 0 Å². The Labute approximate surface area is 84.1 Å². The van der Waals surface area contributed by atoms with E-state index < -0.39 is 12.1 Å². The van der Waals surface area contributed by atoms with Crippen LogP contribution in [0.1, 0.15) is 18.0 Å². The van der Waals surface area contributed by atoms with Gasteiger partial charge in [-0.3, -0.25) is 0 Å². The van der Waals surface area contributed by atoms with E-state index in [0.717, 1.165) is 11.3 Å². The van der Waals surface area contributed by atoms with Gasteiger partial charge in [-0.25, -0.2) is 9.78 Å². The van der Waals surface area contributed by atoms with Crippen molar-refractivity contribution in [2.75, 3.05) is 6.61 Å². The van der Waals surface area contributed by atoms with Gasteiger partial charge < -0.3 is 9.84 Å². The lowest BCUT2D eigenvalue weighted by Crippen LogP contribution is -2.14. The summed E-state index contributed by atoms with van der Waals surface area (Å²) in [5.74, 6) is -1.05. The molecule has 1 unspecified atom stereocenters. The van der Waals surface area contributed by atoms with Crippen LogP contribution in [0.5, 0.6) is 0 Å². The fourth-order valence-corrected chi connectivity index (χ4v) is 1.78. The Bertz CT molecular complexity index is 302. The van der Waals surface area contributed by atoms with Crippen molar-refractivity contribution in [2.24, 2.45) is 0 Å². The molecule has 0 amide bonds. The minimum Gasteiger partial charge on any atom is -0.479 e. The number of carboxylic acids is 1. The van der Waals surface area contributed by atoms with Gasteiger partial charge >= 0.3 is 5.97 Å². The molecule has 0 saturated heterocycles. The molecule has 0 bridgehead atoms. The van der Waals surface area contributed by atoms with Gasteiger partial charge in [0, 0.05) is 6.61 Å². The van der Waals surface area contributed by atoms with Gasteiger partial charge in [0.2, 0.25) is 6.10 Å². The largest absolute Gasteiger partial charge is 0.479 e. The Morgan fingerprint density at radius 3 is 3.00 bits per heavy atom. The predicted molar refractivity (Wildman–Crippen MR) is 49.1 cm³/mol. The van der Waals surface area contributed by atoms with Crippen molar-refractivity contribution in [1.82, 2.24) is 4.98 Å². The maximum absolute atomic E-state index is 10.7. The zero-order valence-electron chi connectivity index (χ0n) is 6.86. The smallest absolute Gasteiger partial charge is 0.340 e. The molecule has 1 rings (SSSR count). The van der Waals surface area contributed by atoms with Gasteiger partial charge in [-0.05, 0) is 6.92 Å². The van der Waals surface area contributed by atoms with Gasteiger partial charge in [-0.15, -0.1) is 11.3 Å². The maximum atomic E-state index is 10.7. The predicted octanol–water partition coefficient (Wildman–Crippen LogP) is 1.96. The molecule has 6 heteroatoms. The van der Waals surface area contributed by atoms with Crippen LogP contribution in [0.15, 0.2) is 6.20 Å². The lowest BCUT2D eigenvalue weighted by Gasteiger charge is -2.07. The second-order valence-corrected chi connectivity index (χ2v) is 3.87. The molecule has 1 aromatic rings. The van der Waals surface area contributed by atoms with Gasteiger partial charge in [0.1, 0.15) is 9.34 Å². The van der Waals surface area contributed by atoms with Crippen LogP contribution in [0.4, 0.5) is 0 Å². The van der Waals surface area contributed by atoms with Crippen LogP contribution in [0.25, 0.3) is 0 Å². The number of thiazole rings is 1. The zero-order valence-corrected chi connectivity index (χ0v) is 8.43. The molecule has 1 aromatic heterocycles. The molecule has 0 aromatic carbocycles. The quantitative estimate of drug-likeness (QED) is 0.845. The molecule has 4 nitrogen and oxygen atoms in total. The Hall–Kier alpha value is -0.650. The van der Waals surface area contributed by atoms with Crippen LogP contribution in [0, 0.1) is 0 Å². The van der Waals surface area contributed by atoms with Gasteiger partial charge in [0.25, 0.3) is 0 Å². The third-order valence-corrected chi connectivity index (χ3v) is 2.44. The molecule has 0 aliphatic carbocycles. The van der Waals surface area contributed by atoms with Crippen molar-refractivity contribution < 1.29 is 14.6 Å². The Kier molecular flexibility index (Phi) is 3.65. The molecular formula is C7H8ClNO3S. The number of carboxylic acid groups (broad SMARTS) is 1. The first kappa shape index (κ1) is 10.4. The second-order valence-electron chi connectivity index (χ2n) is 2.18. The van der Waals surface area contributed by atoms with Crippen LogP contribution >= 0.6 is 22.9 Å². The molecule has 0 aliphatic rings. The van der Waals surface area contributed by atoms with Crippen molar-refractivity contribution in [2.45, 2.75) is 13.0 Å². The normalized spacial score (nSPS) is 12.8. The van der Waals surface area contributed by atoms with Crippen LogP contribution in [0.3, 0.4) is 0 Å². The van der Waals surface area contributed by atoms with E-state index in [2.05, 4.69) is 4.98 Å². The zero-order chi connectivity index (χ0) is 9.84. The van der Waals surface area contributed by atoms with Gasteiger partial charge in [0.05, 0.1) is 6.20 Å². The fraction of sp³-hybridized carbons (Fsp3) is 0.429. The number of ether oxygens (including phenoxy) is 1. The van der Waals surface area contributed by atoms with E-state index in [4.69, 9.17) is 21.4 Å². The van der Waals surface area contributed by atoms with E-state index in [1.807, 2.05) is 0 Å². The number of hydrogen-bond donors (Lipinski definition) is 1. The third kappa shape index (κ3) is 2.65. The lowest BCUT2D eigenvalue weighted by molar-refractivity contribution is -0.150. The average Bonchev–Trinajstić information content (AvgIpc) is 2.46. The Morgan fingerprint density at radius 1 is 1.92 bits per heavy atom. The maximum Gasteiger partial charge on any atom is 0.340 e. The molecule has 13 heavy (non-hydrogen) atoms. The van der Waals surface area contributed by atoms with E-state index in [0.29, 0.717) is 16.0 Å². The number of nitrogens with zero attached hydrogens (tertiary/aromatic N) is 1. The van der Waals surface area contributed by atoms with Gasteiger partial charge in [-0.2, -0.15) is 0 Å². The first-order chi connectivity index (χ1) is 6.15. The third-order valence-electron chi connectivity index (χ3n) is 1.28. The molecule has 0 fully saturated rings. The first-order valence-corrected chi connectivity index (χ1v) is 4.80. The van der Waals surface area contributed by atoms with Crippen molar-refractivity contribution in [3.8, 4) is 0 Å². The van der Waals surface area contributed by atoms with Crippen LogP contribution < -0.4 is 0 Å². The number of rotatable bonds is 4. The number of hydrogen-bond acceptors (Lipinski definition) is 4. The number of aliphatic carboxylic acids is 1. The number of halogens is 1. The summed E-state index contributed by atoms with van der Waals surface area (Å²) >= 11 is 6.73. The molecule has 1 atom stereocenters. The van der Waals surface area contributed by atoms with E-state index in [9.17, 15) is 4.79 Å². The fourth-order valence-electron chi connectivity index (χ4n) is 0.803. The molecular weight excluding hydrogens is 214 g/mol. The molecule has 0 saturated carbocycles. The molecule has 1 N–H and O–H groups in total. The van der Waals surface area contributed by atoms with Crippen molar-refractivity contribution >= 4 is 28.9 Å². The average molecular weight is 222 g/mol. The highest BCUT2D eigenvalue weighted by Gasteiger charge is 2.23. The first-order valence-electron chi connectivity index (χ1n) is 3.60. The highest BCUT2D eigenvalue weighted by molar-refractivity contribution is 7.15. The lowest BCUT2D eigenvalue weighted by atomic mass is 10.4. The Balaban J connectivity index is 2.81. The monoisotopic (exact) mass is 221 g/mol. The minimum absolute atomic E-state index is 0.328. The van der Waals surface area contributed by atoms with Crippen molar-refractivity contribution in [3.63, 3.8) is 0 Å². The highest BCUT2D eigenvalue weighted by atomic mass is 35.5. The molecule has 72 valence electrons. The summed E-state index contributed by atoms with van der Waals surface area (Å²) < 4.78 is 5.45.